The van der Waals surface area contributed by atoms with Crippen LogP contribution >= 0.6 is 0 Å². The molecule has 21 heavy (non-hydrogen) atoms. The van der Waals surface area contributed by atoms with E-state index in [2.05, 4.69) is 9.97 Å². The molecule has 2 aromatic carbocycles. The monoisotopic (exact) mass is 280 g/mol. The van der Waals surface area contributed by atoms with Crippen LogP contribution in [0.5, 0.6) is 5.75 Å². The highest BCUT2D eigenvalue weighted by Gasteiger charge is 2.10. The van der Waals surface area contributed by atoms with E-state index in [0.717, 1.165) is 11.3 Å². The fourth-order valence-electron chi connectivity index (χ4n) is 2.04. The van der Waals surface area contributed by atoms with Gasteiger partial charge in [-0.1, -0.05) is 30.3 Å². The zero-order valence-corrected chi connectivity index (χ0v) is 11.5. The Morgan fingerprint density at radius 2 is 1.62 bits per heavy atom. The minimum atomic E-state index is -0.445. The molecule has 1 heterocycles. The number of ether oxygens (including phenoxy) is 1. The number of hydrogen-bond donors (Lipinski definition) is 0. The lowest BCUT2D eigenvalue weighted by Gasteiger charge is -2.06. The first-order valence-corrected chi connectivity index (χ1v) is 6.50. The number of hydrogen-bond acceptors (Lipinski definition) is 3. The molecular weight excluding hydrogens is 267 g/mol. The van der Waals surface area contributed by atoms with Crippen LogP contribution in [0, 0.1) is 5.82 Å². The zero-order chi connectivity index (χ0) is 14.7. The number of rotatable bonds is 3. The van der Waals surface area contributed by atoms with Gasteiger partial charge in [0.25, 0.3) is 0 Å². The molecule has 0 unspecified atom stereocenters. The van der Waals surface area contributed by atoms with E-state index in [0.29, 0.717) is 11.4 Å². The normalized spacial score (nSPS) is 10.4. The third-order valence-corrected chi connectivity index (χ3v) is 3.14. The van der Waals surface area contributed by atoms with Gasteiger partial charge in [0, 0.05) is 11.1 Å². The molecular formula is C17H13FN2O. The highest BCUT2D eigenvalue weighted by atomic mass is 19.1. The minimum absolute atomic E-state index is 0.284. The van der Waals surface area contributed by atoms with Crippen LogP contribution in [0.2, 0.25) is 0 Å². The van der Waals surface area contributed by atoms with Crippen LogP contribution in [0.4, 0.5) is 4.39 Å². The maximum Gasteiger partial charge on any atom is 0.167 e. The number of aromatic nitrogens is 2. The van der Waals surface area contributed by atoms with Gasteiger partial charge in [0.1, 0.15) is 11.4 Å². The van der Waals surface area contributed by atoms with Gasteiger partial charge in [-0.2, -0.15) is 0 Å². The van der Waals surface area contributed by atoms with Gasteiger partial charge >= 0.3 is 0 Å². The van der Waals surface area contributed by atoms with Crippen LogP contribution < -0.4 is 4.74 Å². The molecule has 0 aliphatic heterocycles. The molecule has 3 nitrogen and oxygen atoms in total. The van der Waals surface area contributed by atoms with Crippen molar-refractivity contribution in [2.24, 2.45) is 0 Å². The summed E-state index contributed by atoms with van der Waals surface area (Å²) in [5.41, 5.74) is 1.83. The summed E-state index contributed by atoms with van der Waals surface area (Å²) in [5.74, 6) is 0.777. The molecule has 0 aliphatic rings. The largest absolute Gasteiger partial charge is 0.497 e. The van der Waals surface area contributed by atoms with Crippen molar-refractivity contribution >= 4 is 0 Å². The predicted octanol–water partition coefficient (Wildman–Crippen LogP) is 3.96. The van der Waals surface area contributed by atoms with Crippen molar-refractivity contribution in [3.63, 3.8) is 0 Å². The number of methoxy groups -OCH3 is 1. The molecule has 4 heteroatoms. The van der Waals surface area contributed by atoms with Crippen LogP contribution in [0.15, 0.2) is 60.8 Å². The summed E-state index contributed by atoms with van der Waals surface area (Å²) in [6.07, 6.45) is 1.20. The average molecular weight is 280 g/mol. The second-order valence-corrected chi connectivity index (χ2v) is 4.48. The third kappa shape index (κ3) is 2.74. The molecule has 0 spiro atoms. The topological polar surface area (TPSA) is 35.0 Å². The summed E-state index contributed by atoms with van der Waals surface area (Å²) in [4.78, 5) is 8.40. The van der Waals surface area contributed by atoms with E-state index >= 15 is 0 Å². The molecule has 0 fully saturated rings. The first-order valence-electron chi connectivity index (χ1n) is 6.50. The van der Waals surface area contributed by atoms with Gasteiger partial charge < -0.3 is 4.74 Å². The summed E-state index contributed by atoms with van der Waals surface area (Å²) in [6, 6.07) is 16.6. The van der Waals surface area contributed by atoms with Crippen LogP contribution in [-0.4, -0.2) is 17.1 Å². The number of benzene rings is 2. The Labute approximate surface area is 122 Å². The van der Waals surface area contributed by atoms with Crippen molar-refractivity contribution in [2.75, 3.05) is 7.11 Å². The SMILES string of the molecule is COc1ccc(-c2nc(-c3ccccc3)ncc2F)cc1. The Bertz CT molecular complexity index is 742. The van der Waals surface area contributed by atoms with Gasteiger partial charge in [0.05, 0.1) is 13.3 Å². The van der Waals surface area contributed by atoms with Gasteiger partial charge in [0.15, 0.2) is 11.6 Å². The van der Waals surface area contributed by atoms with Gasteiger partial charge in [-0.25, -0.2) is 14.4 Å². The van der Waals surface area contributed by atoms with E-state index in [1.165, 1.54) is 6.20 Å². The standard InChI is InChI=1S/C17H13FN2O/c1-21-14-9-7-12(8-10-14)16-15(18)11-19-17(20-16)13-5-3-2-4-6-13/h2-11H,1H3. The number of halogens is 1. The highest BCUT2D eigenvalue weighted by Crippen LogP contribution is 2.25. The lowest BCUT2D eigenvalue weighted by atomic mass is 10.1. The first kappa shape index (κ1) is 13.2. The van der Waals surface area contributed by atoms with E-state index in [1.807, 2.05) is 30.3 Å². The van der Waals surface area contributed by atoms with E-state index < -0.39 is 5.82 Å². The fourth-order valence-corrected chi connectivity index (χ4v) is 2.04. The Kier molecular flexibility index (Phi) is 3.60. The van der Waals surface area contributed by atoms with E-state index in [-0.39, 0.29) is 5.69 Å². The van der Waals surface area contributed by atoms with Crippen molar-refractivity contribution in [1.29, 1.82) is 0 Å². The second-order valence-electron chi connectivity index (χ2n) is 4.48. The van der Waals surface area contributed by atoms with E-state index in [1.54, 1.807) is 31.4 Å². The van der Waals surface area contributed by atoms with Crippen molar-refractivity contribution in [3.8, 4) is 28.4 Å². The van der Waals surface area contributed by atoms with Crippen molar-refractivity contribution in [2.45, 2.75) is 0 Å². The highest BCUT2D eigenvalue weighted by molar-refractivity contribution is 5.64. The minimum Gasteiger partial charge on any atom is -0.497 e. The summed E-state index contributed by atoms with van der Waals surface area (Å²) in [6.45, 7) is 0. The molecule has 0 aliphatic carbocycles. The van der Waals surface area contributed by atoms with Crippen molar-refractivity contribution in [3.05, 3.63) is 66.6 Å². The molecule has 0 radical (unpaired) electrons. The second kappa shape index (κ2) is 5.71. The van der Waals surface area contributed by atoms with Gasteiger partial charge in [0.2, 0.25) is 0 Å². The fraction of sp³-hybridized carbons (Fsp3) is 0.0588. The molecule has 104 valence electrons. The maximum atomic E-state index is 14.0. The summed E-state index contributed by atoms with van der Waals surface area (Å²) in [5, 5.41) is 0. The van der Waals surface area contributed by atoms with Crippen LogP contribution in [-0.2, 0) is 0 Å². The van der Waals surface area contributed by atoms with Crippen molar-refractivity contribution in [1.82, 2.24) is 9.97 Å². The van der Waals surface area contributed by atoms with Crippen molar-refractivity contribution < 1.29 is 9.13 Å². The first-order chi connectivity index (χ1) is 10.3. The van der Waals surface area contributed by atoms with Gasteiger partial charge in [-0.3, -0.25) is 0 Å². The molecule has 0 saturated heterocycles. The number of nitrogens with zero attached hydrogens (tertiary/aromatic N) is 2. The lowest BCUT2D eigenvalue weighted by molar-refractivity contribution is 0.415. The quantitative estimate of drug-likeness (QED) is 0.728. The third-order valence-electron chi connectivity index (χ3n) is 3.14. The molecule has 3 aromatic rings. The zero-order valence-electron chi connectivity index (χ0n) is 11.5. The molecule has 0 N–H and O–H groups in total. The lowest BCUT2D eigenvalue weighted by Crippen LogP contribution is -1.96. The molecule has 1 aromatic heterocycles. The van der Waals surface area contributed by atoms with Crippen LogP contribution in [0.25, 0.3) is 22.6 Å². The summed E-state index contributed by atoms with van der Waals surface area (Å²) in [7, 11) is 1.59. The smallest absolute Gasteiger partial charge is 0.167 e. The van der Waals surface area contributed by atoms with E-state index in [9.17, 15) is 4.39 Å². The summed E-state index contributed by atoms with van der Waals surface area (Å²) < 4.78 is 19.1. The Morgan fingerprint density at radius 3 is 2.29 bits per heavy atom. The van der Waals surface area contributed by atoms with Gasteiger partial charge in [-0.05, 0) is 24.3 Å². The Hall–Kier alpha value is -2.75. The molecule has 0 atom stereocenters. The van der Waals surface area contributed by atoms with Crippen LogP contribution in [0.1, 0.15) is 0 Å². The Balaban J connectivity index is 2.05. The van der Waals surface area contributed by atoms with Gasteiger partial charge in [-0.15, -0.1) is 0 Å². The predicted molar refractivity (Wildman–Crippen MR) is 79.4 cm³/mol. The molecule has 0 amide bonds. The average Bonchev–Trinajstić information content (AvgIpc) is 2.56. The van der Waals surface area contributed by atoms with Crippen LogP contribution in [0.3, 0.4) is 0 Å². The van der Waals surface area contributed by atoms with E-state index in [4.69, 9.17) is 4.74 Å². The summed E-state index contributed by atoms with van der Waals surface area (Å²) >= 11 is 0. The molecule has 0 saturated carbocycles. The molecule has 3 rings (SSSR count). The molecule has 0 bridgehead atoms. The Morgan fingerprint density at radius 1 is 0.905 bits per heavy atom. The maximum absolute atomic E-state index is 14.0.